The summed E-state index contributed by atoms with van der Waals surface area (Å²) in [6.07, 6.45) is 0. The first-order chi connectivity index (χ1) is 14.0. The SMILES string of the molecule is CC(C)Sc1ccccc1C(=O)N1CCN(C(C)c2nc3ccccc3s2)CC1. The van der Waals surface area contributed by atoms with Crippen molar-refractivity contribution in [3.63, 3.8) is 0 Å². The minimum atomic E-state index is 0.154. The number of aromatic nitrogens is 1. The van der Waals surface area contributed by atoms with Crippen molar-refractivity contribution in [1.29, 1.82) is 0 Å². The molecule has 0 bridgehead atoms. The van der Waals surface area contributed by atoms with Crippen molar-refractivity contribution < 1.29 is 4.79 Å². The van der Waals surface area contributed by atoms with Gasteiger partial charge in [-0.2, -0.15) is 0 Å². The van der Waals surface area contributed by atoms with Crippen LogP contribution in [0.15, 0.2) is 53.4 Å². The summed E-state index contributed by atoms with van der Waals surface area (Å²) in [6, 6.07) is 16.6. The van der Waals surface area contributed by atoms with Crippen molar-refractivity contribution in [2.75, 3.05) is 26.2 Å². The molecule has 4 nitrogen and oxygen atoms in total. The molecule has 4 rings (SSSR count). The quantitative estimate of drug-likeness (QED) is 0.519. The van der Waals surface area contributed by atoms with Crippen LogP contribution in [0.1, 0.15) is 42.2 Å². The van der Waals surface area contributed by atoms with Crippen LogP contribution in [-0.4, -0.2) is 52.1 Å². The number of hydrogen-bond donors (Lipinski definition) is 0. The highest BCUT2D eigenvalue weighted by Gasteiger charge is 2.27. The van der Waals surface area contributed by atoms with Crippen LogP contribution in [0.3, 0.4) is 0 Å². The standard InChI is InChI=1S/C23H27N3OS2/c1-16(2)28-20-10-6-4-8-18(20)23(27)26-14-12-25(13-15-26)17(3)22-24-19-9-5-7-11-21(19)29-22/h4-11,16-17H,12-15H2,1-3H3. The number of carbonyl (C=O) groups excluding carboxylic acids is 1. The van der Waals surface area contributed by atoms with E-state index in [1.165, 1.54) is 4.70 Å². The number of thiazole rings is 1. The molecule has 1 unspecified atom stereocenters. The normalized spacial score (nSPS) is 16.5. The molecule has 1 amide bonds. The van der Waals surface area contributed by atoms with Crippen molar-refractivity contribution in [1.82, 2.24) is 14.8 Å². The van der Waals surface area contributed by atoms with Crippen molar-refractivity contribution >= 4 is 39.2 Å². The topological polar surface area (TPSA) is 36.4 Å². The van der Waals surface area contributed by atoms with Crippen molar-refractivity contribution in [3.05, 3.63) is 59.1 Å². The predicted octanol–water partition coefficient (Wildman–Crippen LogP) is 5.32. The fourth-order valence-electron chi connectivity index (χ4n) is 3.71. The lowest BCUT2D eigenvalue weighted by atomic mass is 10.1. The lowest BCUT2D eigenvalue weighted by Crippen LogP contribution is -2.49. The fraction of sp³-hybridized carbons (Fsp3) is 0.391. The summed E-state index contributed by atoms with van der Waals surface area (Å²) < 4.78 is 1.24. The van der Waals surface area contributed by atoms with Crippen LogP contribution >= 0.6 is 23.1 Å². The Morgan fingerprint density at radius 1 is 1.00 bits per heavy atom. The molecule has 1 aliphatic heterocycles. The number of hydrogen-bond acceptors (Lipinski definition) is 5. The number of benzene rings is 2. The van der Waals surface area contributed by atoms with E-state index in [4.69, 9.17) is 4.98 Å². The second-order valence-corrected chi connectivity index (χ2v) is 10.4. The Hall–Kier alpha value is -1.89. The molecule has 0 N–H and O–H groups in total. The number of rotatable bonds is 5. The molecular formula is C23H27N3OS2. The van der Waals surface area contributed by atoms with Crippen LogP contribution in [-0.2, 0) is 0 Å². The molecule has 6 heteroatoms. The van der Waals surface area contributed by atoms with Crippen LogP contribution < -0.4 is 0 Å². The van der Waals surface area contributed by atoms with E-state index >= 15 is 0 Å². The molecular weight excluding hydrogens is 398 g/mol. The molecule has 152 valence electrons. The first-order valence-corrected chi connectivity index (χ1v) is 11.9. The summed E-state index contributed by atoms with van der Waals surface area (Å²) in [5, 5.41) is 1.61. The third kappa shape index (κ3) is 4.49. The Morgan fingerprint density at radius 2 is 1.69 bits per heavy atom. The minimum absolute atomic E-state index is 0.154. The maximum atomic E-state index is 13.1. The van der Waals surface area contributed by atoms with Crippen LogP contribution in [0.2, 0.25) is 0 Å². The zero-order valence-corrected chi connectivity index (χ0v) is 18.8. The fourth-order valence-corrected chi connectivity index (χ4v) is 5.71. The molecule has 0 spiro atoms. The van der Waals surface area contributed by atoms with Gasteiger partial charge in [-0.3, -0.25) is 9.69 Å². The van der Waals surface area contributed by atoms with Gasteiger partial charge in [-0.25, -0.2) is 4.98 Å². The van der Waals surface area contributed by atoms with Gasteiger partial charge in [-0.1, -0.05) is 38.1 Å². The van der Waals surface area contributed by atoms with Gasteiger partial charge in [0.15, 0.2) is 0 Å². The lowest BCUT2D eigenvalue weighted by Gasteiger charge is -2.37. The van der Waals surface area contributed by atoms with E-state index in [9.17, 15) is 4.79 Å². The van der Waals surface area contributed by atoms with Crippen LogP contribution in [0, 0.1) is 0 Å². The van der Waals surface area contributed by atoms with Crippen molar-refractivity contribution in [2.45, 2.75) is 37.0 Å². The monoisotopic (exact) mass is 425 g/mol. The molecule has 3 aromatic rings. The molecule has 1 atom stereocenters. The van der Waals surface area contributed by atoms with E-state index in [0.717, 1.165) is 47.2 Å². The molecule has 0 radical (unpaired) electrons. The Morgan fingerprint density at radius 3 is 2.41 bits per heavy atom. The molecule has 1 aromatic heterocycles. The van der Waals surface area contributed by atoms with Crippen LogP contribution in [0.25, 0.3) is 10.2 Å². The molecule has 1 saturated heterocycles. The summed E-state index contributed by atoms with van der Waals surface area (Å²) in [7, 11) is 0. The Kier molecular flexibility index (Phi) is 6.23. The van der Waals surface area contributed by atoms with E-state index < -0.39 is 0 Å². The lowest BCUT2D eigenvalue weighted by molar-refractivity contribution is 0.0579. The zero-order chi connectivity index (χ0) is 20.4. The number of thioether (sulfide) groups is 1. The van der Waals surface area contributed by atoms with Gasteiger partial charge in [0.05, 0.1) is 21.8 Å². The molecule has 1 aliphatic rings. The third-order valence-corrected chi connectivity index (χ3v) is 7.59. The number of para-hydroxylation sites is 1. The summed E-state index contributed by atoms with van der Waals surface area (Å²) in [6.45, 7) is 9.82. The Balaban J connectivity index is 1.42. The summed E-state index contributed by atoms with van der Waals surface area (Å²) in [4.78, 5) is 23.5. The number of amides is 1. The van der Waals surface area contributed by atoms with Crippen molar-refractivity contribution in [3.8, 4) is 0 Å². The average molecular weight is 426 g/mol. The molecule has 2 heterocycles. The Labute approximate surface area is 180 Å². The van der Waals surface area contributed by atoms with Gasteiger partial charge < -0.3 is 4.90 Å². The first-order valence-electron chi connectivity index (χ1n) is 10.2. The summed E-state index contributed by atoms with van der Waals surface area (Å²) in [5.41, 5.74) is 1.91. The molecule has 0 saturated carbocycles. The van der Waals surface area contributed by atoms with Gasteiger partial charge in [-0.05, 0) is 31.2 Å². The summed E-state index contributed by atoms with van der Waals surface area (Å²) >= 11 is 3.53. The maximum absolute atomic E-state index is 13.1. The second-order valence-electron chi connectivity index (χ2n) is 7.69. The number of carbonyl (C=O) groups is 1. The van der Waals surface area contributed by atoms with Gasteiger partial charge in [0, 0.05) is 36.3 Å². The third-order valence-electron chi connectivity index (χ3n) is 5.30. The maximum Gasteiger partial charge on any atom is 0.255 e. The average Bonchev–Trinajstić information content (AvgIpc) is 3.17. The highest BCUT2D eigenvalue weighted by atomic mass is 32.2. The van der Waals surface area contributed by atoms with E-state index in [0.29, 0.717) is 5.25 Å². The van der Waals surface area contributed by atoms with Gasteiger partial charge in [0.2, 0.25) is 0 Å². The highest BCUT2D eigenvalue weighted by molar-refractivity contribution is 8.00. The largest absolute Gasteiger partial charge is 0.336 e. The minimum Gasteiger partial charge on any atom is -0.336 e. The smallest absolute Gasteiger partial charge is 0.255 e. The summed E-state index contributed by atoms with van der Waals surface area (Å²) in [5.74, 6) is 0.154. The van der Waals surface area contributed by atoms with Gasteiger partial charge in [0.25, 0.3) is 5.91 Å². The van der Waals surface area contributed by atoms with E-state index in [-0.39, 0.29) is 11.9 Å². The number of nitrogens with zero attached hydrogens (tertiary/aromatic N) is 3. The molecule has 1 fully saturated rings. The predicted molar refractivity (Wildman–Crippen MR) is 123 cm³/mol. The first kappa shape index (κ1) is 20.4. The van der Waals surface area contributed by atoms with Crippen LogP contribution in [0.5, 0.6) is 0 Å². The highest BCUT2D eigenvalue weighted by Crippen LogP contribution is 2.31. The number of piperazine rings is 1. The number of fused-ring (bicyclic) bond motifs is 1. The van der Waals surface area contributed by atoms with Gasteiger partial charge >= 0.3 is 0 Å². The van der Waals surface area contributed by atoms with E-state index in [2.05, 4.69) is 49.9 Å². The molecule has 0 aliphatic carbocycles. The molecule has 2 aromatic carbocycles. The van der Waals surface area contributed by atoms with Gasteiger partial charge in [0.1, 0.15) is 5.01 Å². The van der Waals surface area contributed by atoms with E-state index in [1.807, 2.05) is 29.2 Å². The van der Waals surface area contributed by atoms with Crippen molar-refractivity contribution in [2.24, 2.45) is 0 Å². The molecule has 29 heavy (non-hydrogen) atoms. The van der Waals surface area contributed by atoms with Gasteiger partial charge in [-0.15, -0.1) is 23.1 Å². The zero-order valence-electron chi connectivity index (χ0n) is 17.2. The van der Waals surface area contributed by atoms with Crippen LogP contribution in [0.4, 0.5) is 0 Å². The second kappa shape index (κ2) is 8.86. The Bertz CT molecular complexity index is 959. The van der Waals surface area contributed by atoms with E-state index in [1.54, 1.807) is 23.1 Å².